The molecule has 0 aromatic heterocycles. The average molecular weight is 342 g/mol. The molecule has 9 heteroatoms. The SMILES string of the molecule is O=C(/C=N\OCC(=O)Nc1ccccc1)Nc1cccc([N+](=O)[O-])c1. The van der Waals surface area contributed by atoms with Crippen LogP contribution < -0.4 is 10.6 Å². The minimum absolute atomic E-state index is 0.149. The van der Waals surface area contributed by atoms with Crippen LogP contribution in [0, 0.1) is 10.1 Å². The number of carbonyl (C=O) groups is 2. The number of para-hydroxylation sites is 1. The highest BCUT2D eigenvalue weighted by Gasteiger charge is 2.07. The molecule has 0 radical (unpaired) electrons. The summed E-state index contributed by atoms with van der Waals surface area (Å²) in [6.45, 7) is -0.366. The molecule has 0 saturated heterocycles. The highest BCUT2D eigenvalue weighted by molar-refractivity contribution is 6.31. The third kappa shape index (κ3) is 6.10. The summed E-state index contributed by atoms with van der Waals surface area (Å²) < 4.78 is 0. The Kier molecular flexibility index (Phi) is 6.18. The molecule has 2 amide bonds. The van der Waals surface area contributed by atoms with Gasteiger partial charge in [0.15, 0.2) is 6.61 Å². The second kappa shape index (κ2) is 8.77. The van der Waals surface area contributed by atoms with Crippen LogP contribution in [0.3, 0.4) is 0 Å². The van der Waals surface area contributed by atoms with Gasteiger partial charge in [-0.15, -0.1) is 0 Å². The molecule has 2 aromatic rings. The van der Waals surface area contributed by atoms with E-state index in [1.54, 1.807) is 24.3 Å². The molecule has 0 aliphatic carbocycles. The van der Waals surface area contributed by atoms with Crippen molar-refractivity contribution in [3.8, 4) is 0 Å². The topological polar surface area (TPSA) is 123 Å². The standard InChI is InChI=1S/C16H14N4O5/c21-15(19-13-7-4-8-14(9-13)20(23)24)10-17-25-11-16(22)18-12-5-2-1-3-6-12/h1-10H,11H2,(H,18,22)(H,19,21)/b17-10-. The van der Waals surface area contributed by atoms with Crippen LogP contribution in [0.25, 0.3) is 0 Å². The second-order valence-corrected chi connectivity index (χ2v) is 4.72. The maximum absolute atomic E-state index is 11.6. The van der Waals surface area contributed by atoms with E-state index in [1.165, 1.54) is 24.3 Å². The largest absolute Gasteiger partial charge is 0.385 e. The van der Waals surface area contributed by atoms with Crippen molar-refractivity contribution in [2.75, 3.05) is 17.2 Å². The summed E-state index contributed by atoms with van der Waals surface area (Å²) in [5, 5.41) is 19.0. The molecule has 0 saturated carbocycles. The molecular formula is C16H14N4O5. The minimum Gasteiger partial charge on any atom is -0.385 e. The van der Waals surface area contributed by atoms with Crippen molar-refractivity contribution in [1.82, 2.24) is 0 Å². The fraction of sp³-hybridized carbons (Fsp3) is 0.0625. The molecule has 0 aliphatic rings. The zero-order valence-corrected chi connectivity index (χ0v) is 12.9. The summed E-state index contributed by atoms with van der Waals surface area (Å²) in [5.41, 5.74) is 0.708. The van der Waals surface area contributed by atoms with Gasteiger partial charge < -0.3 is 15.5 Å². The van der Waals surface area contributed by atoms with E-state index in [-0.39, 0.29) is 18.0 Å². The number of hydrogen-bond donors (Lipinski definition) is 2. The first-order chi connectivity index (χ1) is 12.0. The minimum atomic E-state index is -0.649. The number of oxime groups is 1. The Morgan fingerprint density at radius 2 is 1.80 bits per heavy atom. The number of hydrogen-bond acceptors (Lipinski definition) is 6. The van der Waals surface area contributed by atoms with E-state index >= 15 is 0 Å². The Morgan fingerprint density at radius 1 is 1.08 bits per heavy atom. The predicted molar refractivity (Wildman–Crippen MR) is 91.2 cm³/mol. The van der Waals surface area contributed by atoms with Crippen molar-refractivity contribution in [3.63, 3.8) is 0 Å². The van der Waals surface area contributed by atoms with Gasteiger partial charge >= 0.3 is 0 Å². The lowest BCUT2D eigenvalue weighted by molar-refractivity contribution is -0.384. The number of non-ortho nitro benzene ring substituents is 1. The number of nitro benzene ring substituents is 1. The molecule has 2 rings (SSSR count). The van der Waals surface area contributed by atoms with Gasteiger partial charge in [0.2, 0.25) is 0 Å². The summed E-state index contributed by atoms with van der Waals surface area (Å²) in [6.07, 6.45) is 0.828. The summed E-state index contributed by atoms with van der Waals surface area (Å²) in [7, 11) is 0. The highest BCUT2D eigenvalue weighted by atomic mass is 16.6. The molecule has 0 fully saturated rings. The van der Waals surface area contributed by atoms with Crippen LogP contribution in [0.15, 0.2) is 59.8 Å². The molecule has 0 bridgehead atoms. The van der Waals surface area contributed by atoms with Crippen LogP contribution in [0.5, 0.6) is 0 Å². The zero-order chi connectivity index (χ0) is 18.1. The van der Waals surface area contributed by atoms with Crippen LogP contribution in [0.2, 0.25) is 0 Å². The first kappa shape index (κ1) is 17.6. The number of anilines is 2. The van der Waals surface area contributed by atoms with Gasteiger partial charge in [0, 0.05) is 23.5 Å². The molecular weight excluding hydrogens is 328 g/mol. The molecule has 0 aliphatic heterocycles. The van der Waals surface area contributed by atoms with Gasteiger partial charge in [-0.3, -0.25) is 19.7 Å². The lowest BCUT2D eigenvalue weighted by atomic mass is 10.3. The Labute approximate surface area is 142 Å². The van der Waals surface area contributed by atoms with E-state index in [0.717, 1.165) is 6.21 Å². The summed E-state index contributed by atoms with van der Waals surface area (Å²) in [5.74, 6) is -1.08. The fourth-order valence-electron chi connectivity index (χ4n) is 1.77. The van der Waals surface area contributed by atoms with E-state index in [1.807, 2.05) is 6.07 Å². The zero-order valence-electron chi connectivity index (χ0n) is 12.9. The van der Waals surface area contributed by atoms with Gasteiger partial charge in [0.25, 0.3) is 17.5 Å². The number of rotatable bonds is 7. The first-order valence-corrected chi connectivity index (χ1v) is 7.10. The van der Waals surface area contributed by atoms with Gasteiger partial charge in [-0.25, -0.2) is 0 Å². The Morgan fingerprint density at radius 3 is 2.52 bits per heavy atom. The quantitative estimate of drug-likeness (QED) is 0.453. The van der Waals surface area contributed by atoms with Gasteiger partial charge in [-0.2, -0.15) is 0 Å². The van der Waals surface area contributed by atoms with E-state index < -0.39 is 16.7 Å². The average Bonchev–Trinajstić information content (AvgIpc) is 2.60. The number of amides is 2. The van der Waals surface area contributed by atoms with Crippen LogP contribution >= 0.6 is 0 Å². The molecule has 2 N–H and O–H groups in total. The summed E-state index contributed by atoms with van der Waals surface area (Å²) in [6, 6.07) is 14.2. The molecule has 9 nitrogen and oxygen atoms in total. The third-order valence-electron chi connectivity index (χ3n) is 2.82. The van der Waals surface area contributed by atoms with Crippen LogP contribution in [0.4, 0.5) is 17.1 Å². The first-order valence-electron chi connectivity index (χ1n) is 7.10. The summed E-state index contributed by atoms with van der Waals surface area (Å²) >= 11 is 0. The second-order valence-electron chi connectivity index (χ2n) is 4.72. The van der Waals surface area contributed by atoms with E-state index in [0.29, 0.717) is 5.69 Å². The van der Waals surface area contributed by atoms with Crippen LogP contribution in [0.1, 0.15) is 0 Å². The molecule has 0 spiro atoms. The number of carbonyl (C=O) groups excluding carboxylic acids is 2. The maximum Gasteiger partial charge on any atom is 0.271 e. The van der Waals surface area contributed by atoms with Crippen molar-refractivity contribution in [3.05, 3.63) is 64.7 Å². The highest BCUT2D eigenvalue weighted by Crippen LogP contribution is 2.16. The van der Waals surface area contributed by atoms with Gasteiger partial charge in [-0.05, 0) is 18.2 Å². The van der Waals surface area contributed by atoms with Crippen molar-refractivity contribution in [2.45, 2.75) is 0 Å². The normalized spacial score (nSPS) is 10.2. The lowest BCUT2D eigenvalue weighted by Crippen LogP contribution is -2.18. The number of nitrogens with one attached hydrogen (secondary N) is 2. The smallest absolute Gasteiger partial charge is 0.271 e. The summed E-state index contributed by atoms with van der Waals surface area (Å²) in [4.78, 5) is 38.0. The predicted octanol–water partition coefficient (Wildman–Crippen LogP) is 2.17. The molecule has 25 heavy (non-hydrogen) atoms. The van der Waals surface area contributed by atoms with E-state index in [4.69, 9.17) is 4.84 Å². The van der Waals surface area contributed by atoms with Crippen LogP contribution in [-0.4, -0.2) is 29.6 Å². The maximum atomic E-state index is 11.6. The van der Waals surface area contributed by atoms with Gasteiger partial charge in [-0.1, -0.05) is 29.4 Å². The Balaban J connectivity index is 1.76. The van der Waals surface area contributed by atoms with E-state index in [2.05, 4.69) is 15.8 Å². The van der Waals surface area contributed by atoms with Gasteiger partial charge in [0.05, 0.1) is 4.92 Å². The molecule has 128 valence electrons. The number of benzene rings is 2. The lowest BCUT2D eigenvalue weighted by Gasteiger charge is -2.03. The van der Waals surface area contributed by atoms with Gasteiger partial charge in [0.1, 0.15) is 6.21 Å². The molecule has 0 unspecified atom stereocenters. The molecule has 0 heterocycles. The van der Waals surface area contributed by atoms with Crippen molar-refractivity contribution in [1.29, 1.82) is 0 Å². The Hall–Kier alpha value is -3.75. The Bertz CT molecular complexity index is 792. The number of nitrogens with zero attached hydrogens (tertiary/aromatic N) is 2. The van der Waals surface area contributed by atoms with Crippen molar-refractivity contribution in [2.24, 2.45) is 5.16 Å². The fourth-order valence-corrected chi connectivity index (χ4v) is 1.77. The van der Waals surface area contributed by atoms with Crippen molar-refractivity contribution < 1.29 is 19.3 Å². The monoisotopic (exact) mass is 342 g/mol. The van der Waals surface area contributed by atoms with Crippen molar-refractivity contribution >= 4 is 35.1 Å². The third-order valence-corrected chi connectivity index (χ3v) is 2.82. The van der Waals surface area contributed by atoms with Crippen LogP contribution in [-0.2, 0) is 14.4 Å². The number of nitro groups is 1. The molecule has 2 aromatic carbocycles. The van der Waals surface area contributed by atoms with E-state index in [9.17, 15) is 19.7 Å². The molecule has 0 atom stereocenters.